The third-order valence-electron chi connectivity index (χ3n) is 4.26. The second-order valence-corrected chi connectivity index (χ2v) is 7.86. The lowest BCUT2D eigenvalue weighted by Crippen LogP contribution is -2.59. The minimum atomic E-state index is -2.84. The van der Waals surface area contributed by atoms with E-state index in [0.29, 0.717) is 19.4 Å². The van der Waals surface area contributed by atoms with Gasteiger partial charge in [-0.15, -0.1) is 0 Å². The molecule has 0 bridgehead atoms. The van der Waals surface area contributed by atoms with Gasteiger partial charge in [-0.3, -0.25) is 4.90 Å². The predicted octanol–water partition coefficient (Wildman–Crippen LogP) is 0.00330. The summed E-state index contributed by atoms with van der Waals surface area (Å²) in [5.74, 6) is 0.547. The molecule has 2 N–H and O–H groups in total. The van der Waals surface area contributed by atoms with Crippen LogP contribution >= 0.6 is 0 Å². The van der Waals surface area contributed by atoms with E-state index in [0.717, 1.165) is 26.1 Å². The summed E-state index contributed by atoms with van der Waals surface area (Å²) < 4.78 is 28.8. The Morgan fingerprint density at radius 3 is 2.67 bits per heavy atom. The zero-order chi connectivity index (χ0) is 13.2. The molecule has 6 heteroatoms. The molecule has 1 unspecified atom stereocenters. The summed E-state index contributed by atoms with van der Waals surface area (Å²) in [5, 5.41) is 0. The second kappa shape index (κ2) is 5.45. The molecule has 2 rings (SSSR count). The molecule has 2 aliphatic heterocycles. The van der Waals surface area contributed by atoms with Gasteiger partial charge in [0.1, 0.15) is 9.84 Å². The van der Waals surface area contributed by atoms with Crippen LogP contribution in [0.5, 0.6) is 0 Å². The number of ether oxygens (including phenoxy) is 1. The summed E-state index contributed by atoms with van der Waals surface area (Å²) in [6.45, 7) is 5.22. The average Bonchev–Trinajstić information content (AvgIpc) is 2.55. The molecular formula is C12H24N2O3S. The van der Waals surface area contributed by atoms with Crippen molar-refractivity contribution in [1.29, 1.82) is 0 Å². The molecule has 106 valence electrons. The molecule has 0 saturated carbocycles. The SMILES string of the molecule is CC1CN(C2(CN)CCS(=O)(=O)CC2)CCCO1. The summed E-state index contributed by atoms with van der Waals surface area (Å²) in [7, 11) is -2.84. The van der Waals surface area contributed by atoms with Gasteiger partial charge in [0.05, 0.1) is 17.6 Å². The Hall–Kier alpha value is -0.170. The predicted molar refractivity (Wildman–Crippen MR) is 71.3 cm³/mol. The number of nitrogens with zero attached hydrogens (tertiary/aromatic N) is 1. The number of sulfone groups is 1. The summed E-state index contributed by atoms with van der Waals surface area (Å²) in [5.41, 5.74) is 5.85. The van der Waals surface area contributed by atoms with E-state index in [1.807, 2.05) is 0 Å². The lowest BCUT2D eigenvalue weighted by molar-refractivity contribution is 0.0334. The third kappa shape index (κ3) is 3.04. The second-order valence-electron chi connectivity index (χ2n) is 5.56. The molecule has 2 saturated heterocycles. The zero-order valence-electron chi connectivity index (χ0n) is 11.1. The van der Waals surface area contributed by atoms with E-state index < -0.39 is 9.84 Å². The average molecular weight is 276 g/mol. The van der Waals surface area contributed by atoms with Crippen LogP contribution in [0.2, 0.25) is 0 Å². The maximum Gasteiger partial charge on any atom is 0.150 e. The first kappa shape index (κ1) is 14.2. The van der Waals surface area contributed by atoms with Gasteiger partial charge in [0.15, 0.2) is 0 Å². The van der Waals surface area contributed by atoms with E-state index in [-0.39, 0.29) is 23.1 Å². The molecule has 2 fully saturated rings. The maximum absolute atomic E-state index is 11.6. The minimum Gasteiger partial charge on any atom is -0.377 e. The number of rotatable bonds is 2. The minimum absolute atomic E-state index is 0.132. The molecule has 18 heavy (non-hydrogen) atoms. The zero-order valence-corrected chi connectivity index (χ0v) is 11.9. The first-order chi connectivity index (χ1) is 8.47. The lowest BCUT2D eigenvalue weighted by atomic mass is 9.89. The van der Waals surface area contributed by atoms with Gasteiger partial charge in [-0.1, -0.05) is 0 Å². The molecule has 0 aromatic heterocycles. The van der Waals surface area contributed by atoms with Crippen molar-refractivity contribution in [2.45, 2.75) is 37.8 Å². The van der Waals surface area contributed by atoms with Crippen molar-refractivity contribution in [3.05, 3.63) is 0 Å². The number of hydrogen-bond donors (Lipinski definition) is 1. The third-order valence-corrected chi connectivity index (χ3v) is 5.91. The summed E-state index contributed by atoms with van der Waals surface area (Å²) >= 11 is 0. The van der Waals surface area contributed by atoms with Crippen molar-refractivity contribution in [2.24, 2.45) is 5.73 Å². The lowest BCUT2D eigenvalue weighted by Gasteiger charge is -2.45. The van der Waals surface area contributed by atoms with Crippen molar-refractivity contribution in [1.82, 2.24) is 4.90 Å². The Labute approximate surface area is 110 Å². The van der Waals surface area contributed by atoms with Gasteiger partial charge in [0.2, 0.25) is 0 Å². The van der Waals surface area contributed by atoms with Crippen LogP contribution in [0, 0.1) is 0 Å². The van der Waals surface area contributed by atoms with Crippen LogP contribution in [-0.2, 0) is 14.6 Å². The van der Waals surface area contributed by atoms with Crippen LogP contribution in [0.3, 0.4) is 0 Å². The molecule has 2 aliphatic rings. The molecule has 0 aliphatic carbocycles. The first-order valence-corrected chi connectivity index (χ1v) is 8.57. The van der Waals surface area contributed by atoms with Gasteiger partial charge in [-0.25, -0.2) is 8.42 Å². The Bertz CT molecular complexity index is 369. The quantitative estimate of drug-likeness (QED) is 0.769. The number of hydrogen-bond acceptors (Lipinski definition) is 5. The number of nitrogens with two attached hydrogens (primary N) is 1. The highest BCUT2D eigenvalue weighted by Crippen LogP contribution is 2.30. The van der Waals surface area contributed by atoms with Crippen LogP contribution in [0.25, 0.3) is 0 Å². The van der Waals surface area contributed by atoms with Crippen molar-refractivity contribution in [3.63, 3.8) is 0 Å². The first-order valence-electron chi connectivity index (χ1n) is 6.75. The van der Waals surface area contributed by atoms with Crippen molar-refractivity contribution < 1.29 is 13.2 Å². The van der Waals surface area contributed by atoms with Crippen molar-refractivity contribution in [3.8, 4) is 0 Å². The molecule has 5 nitrogen and oxygen atoms in total. The van der Waals surface area contributed by atoms with Gasteiger partial charge in [-0.2, -0.15) is 0 Å². The van der Waals surface area contributed by atoms with Crippen LogP contribution in [-0.4, -0.2) is 62.7 Å². The molecule has 0 spiro atoms. The highest BCUT2D eigenvalue weighted by molar-refractivity contribution is 7.91. The monoisotopic (exact) mass is 276 g/mol. The molecule has 0 aromatic carbocycles. The van der Waals surface area contributed by atoms with E-state index in [1.165, 1.54) is 0 Å². The van der Waals surface area contributed by atoms with Gasteiger partial charge < -0.3 is 10.5 Å². The van der Waals surface area contributed by atoms with Crippen molar-refractivity contribution >= 4 is 9.84 Å². The largest absolute Gasteiger partial charge is 0.377 e. The molecule has 1 atom stereocenters. The van der Waals surface area contributed by atoms with Crippen LogP contribution in [0.15, 0.2) is 0 Å². The van der Waals surface area contributed by atoms with E-state index in [1.54, 1.807) is 0 Å². The van der Waals surface area contributed by atoms with E-state index >= 15 is 0 Å². The van der Waals surface area contributed by atoms with Crippen LogP contribution in [0.1, 0.15) is 26.2 Å². The highest BCUT2D eigenvalue weighted by atomic mass is 32.2. The Kier molecular flexibility index (Phi) is 4.31. The van der Waals surface area contributed by atoms with Crippen LogP contribution < -0.4 is 5.73 Å². The van der Waals surface area contributed by atoms with Gasteiger partial charge in [0, 0.05) is 31.8 Å². The fourth-order valence-corrected chi connectivity index (χ4v) is 4.58. The Balaban J connectivity index is 2.11. The molecular weight excluding hydrogens is 252 g/mol. The molecule has 0 radical (unpaired) electrons. The van der Waals surface area contributed by atoms with Crippen molar-refractivity contribution in [2.75, 3.05) is 37.7 Å². The summed E-state index contributed by atoms with van der Waals surface area (Å²) in [6, 6.07) is 0. The fourth-order valence-electron chi connectivity index (χ4n) is 2.99. The molecule has 2 heterocycles. The Morgan fingerprint density at radius 1 is 1.39 bits per heavy atom. The van der Waals surface area contributed by atoms with E-state index in [2.05, 4.69) is 11.8 Å². The van der Waals surface area contributed by atoms with E-state index in [4.69, 9.17) is 10.5 Å². The summed E-state index contributed by atoms with van der Waals surface area (Å²) in [4.78, 5) is 2.37. The fraction of sp³-hybridized carbons (Fsp3) is 1.00. The van der Waals surface area contributed by atoms with Gasteiger partial charge in [-0.05, 0) is 26.2 Å². The summed E-state index contributed by atoms with van der Waals surface area (Å²) in [6.07, 6.45) is 2.53. The van der Waals surface area contributed by atoms with Crippen LogP contribution in [0.4, 0.5) is 0 Å². The van der Waals surface area contributed by atoms with Gasteiger partial charge >= 0.3 is 0 Å². The van der Waals surface area contributed by atoms with E-state index in [9.17, 15) is 8.42 Å². The molecule has 0 amide bonds. The standard InChI is InChI=1S/C12H24N2O3S/c1-11-9-14(5-2-6-17-11)12(10-13)3-7-18(15,16)8-4-12/h11H,2-10,13H2,1H3. The maximum atomic E-state index is 11.6. The van der Waals surface area contributed by atoms with Gasteiger partial charge in [0.25, 0.3) is 0 Å². The highest BCUT2D eigenvalue weighted by Gasteiger charge is 2.41. The topological polar surface area (TPSA) is 72.6 Å². The Morgan fingerprint density at radius 2 is 2.06 bits per heavy atom. The normalized spacial score (nSPS) is 32.9. The molecule has 0 aromatic rings. The smallest absolute Gasteiger partial charge is 0.150 e.